The molecule has 1 N–H and O–H groups in total. The molecule has 2 aromatic rings. The quantitative estimate of drug-likeness (QED) is 0.496. The molecule has 2 saturated heterocycles. The van der Waals surface area contributed by atoms with E-state index in [4.69, 9.17) is 24.0 Å². The van der Waals surface area contributed by atoms with Gasteiger partial charge in [0, 0.05) is 55.1 Å². The van der Waals surface area contributed by atoms with Gasteiger partial charge in [0.25, 0.3) is 0 Å². The molecule has 0 unspecified atom stereocenters. The average molecular weight is 607 g/mol. The second-order valence-electron chi connectivity index (χ2n) is 14.7. The van der Waals surface area contributed by atoms with Crippen molar-refractivity contribution in [3.8, 4) is 17.4 Å². The van der Waals surface area contributed by atoms with Crippen LogP contribution in [-0.2, 0) is 21.4 Å². The van der Waals surface area contributed by atoms with E-state index in [-0.39, 0.29) is 24.0 Å². The van der Waals surface area contributed by atoms with Crippen LogP contribution >= 0.6 is 0 Å². The Labute approximate surface area is 259 Å². The zero-order valence-corrected chi connectivity index (χ0v) is 26.7. The Bertz CT molecular complexity index is 1420. The van der Waals surface area contributed by atoms with Crippen LogP contribution < -0.4 is 15.0 Å². The lowest BCUT2D eigenvalue weighted by molar-refractivity contribution is -0.128. The van der Waals surface area contributed by atoms with Crippen molar-refractivity contribution in [2.45, 2.75) is 115 Å². The molecule has 3 aliphatic carbocycles. The van der Waals surface area contributed by atoms with E-state index in [2.05, 4.69) is 34.2 Å². The molecule has 2 aromatic heterocycles. The first-order valence-corrected chi connectivity index (χ1v) is 16.6. The van der Waals surface area contributed by atoms with E-state index in [1.54, 1.807) is 0 Å². The van der Waals surface area contributed by atoms with Crippen LogP contribution in [-0.4, -0.2) is 82.4 Å². The smallest absolute Gasteiger partial charge is 0.407 e. The van der Waals surface area contributed by atoms with Crippen molar-refractivity contribution < 1.29 is 23.6 Å². The molecule has 4 fully saturated rings. The number of nitrogens with one attached hydrogen (secondary N) is 1. The second-order valence-corrected chi connectivity index (χ2v) is 14.7. The second kappa shape index (κ2) is 11.0. The van der Waals surface area contributed by atoms with Gasteiger partial charge in [-0.1, -0.05) is 11.6 Å². The van der Waals surface area contributed by atoms with E-state index < -0.39 is 11.0 Å². The van der Waals surface area contributed by atoms with Crippen LogP contribution in [0.3, 0.4) is 0 Å². The van der Waals surface area contributed by atoms with Gasteiger partial charge < -0.3 is 24.2 Å². The number of rotatable bonds is 6. The van der Waals surface area contributed by atoms with Gasteiger partial charge in [-0.15, -0.1) is 0 Å². The number of aromatic nitrogens is 3. The van der Waals surface area contributed by atoms with Crippen LogP contribution in [0.4, 0.5) is 10.6 Å². The van der Waals surface area contributed by atoms with Gasteiger partial charge in [0.05, 0.1) is 5.41 Å². The molecule has 11 heteroatoms. The lowest BCUT2D eigenvalue weighted by atomic mass is 9.64. The van der Waals surface area contributed by atoms with E-state index in [1.165, 1.54) is 0 Å². The highest BCUT2D eigenvalue weighted by atomic mass is 16.6. The fourth-order valence-electron chi connectivity index (χ4n) is 8.28. The van der Waals surface area contributed by atoms with Gasteiger partial charge in [0.2, 0.25) is 5.88 Å². The molecule has 5 aliphatic rings. The average Bonchev–Trinajstić information content (AvgIpc) is 3.43. The first kappa shape index (κ1) is 29.5. The third-order valence-corrected chi connectivity index (χ3v) is 10.6. The topological polar surface area (TPSA) is 123 Å². The fourth-order valence-corrected chi connectivity index (χ4v) is 8.28. The Kier molecular flexibility index (Phi) is 7.37. The van der Waals surface area contributed by atoms with Crippen molar-refractivity contribution in [2.24, 2.45) is 11.8 Å². The molecule has 1 spiro atoms. The van der Waals surface area contributed by atoms with Gasteiger partial charge in [0.1, 0.15) is 23.3 Å². The molecule has 6 atom stereocenters. The number of ketones is 1. The Morgan fingerprint density at radius 1 is 1.11 bits per heavy atom. The van der Waals surface area contributed by atoms with Crippen LogP contribution in [0.2, 0.25) is 0 Å². The maximum absolute atomic E-state index is 13.2. The molecular weight excluding hydrogens is 560 g/mol. The molecular formula is C33H46N6O5. The summed E-state index contributed by atoms with van der Waals surface area (Å²) in [5.74, 6) is 3.50. The molecule has 2 saturated carbocycles. The molecule has 7 rings (SSSR count). The summed E-state index contributed by atoms with van der Waals surface area (Å²) in [6, 6.07) is 2.38. The molecule has 2 aliphatic heterocycles. The largest absolute Gasteiger partial charge is 0.473 e. The van der Waals surface area contributed by atoms with Crippen molar-refractivity contribution in [1.29, 1.82) is 0 Å². The van der Waals surface area contributed by atoms with Gasteiger partial charge in [-0.3, -0.25) is 9.69 Å². The summed E-state index contributed by atoms with van der Waals surface area (Å²) in [6.45, 7) is 10.4. The number of Topliss-reactive ketones (excluding diaryl/α,β-unsaturated/α-hetero) is 1. The van der Waals surface area contributed by atoms with Gasteiger partial charge >= 0.3 is 6.09 Å². The minimum absolute atomic E-state index is 0.0400. The highest BCUT2D eigenvalue weighted by Gasteiger charge is 2.57. The number of amides is 1. The van der Waals surface area contributed by atoms with E-state index >= 15 is 0 Å². The lowest BCUT2D eigenvalue weighted by Gasteiger charge is -2.36. The van der Waals surface area contributed by atoms with Crippen LogP contribution in [0.25, 0.3) is 11.5 Å². The number of likely N-dealkylation sites (tertiary alicyclic amines) is 1. The number of alkyl carbamates (subject to hydrolysis) is 1. The number of anilines is 1. The summed E-state index contributed by atoms with van der Waals surface area (Å²) >= 11 is 0. The van der Waals surface area contributed by atoms with Gasteiger partial charge in [-0.2, -0.15) is 4.98 Å². The van der Waals surface area contributed by atoms with Crippen LogP contribution in [0.15, 0.2) is 10.6 Å². The summed E-state index contributed by atoms with van der Waals surface area (Å²) in [5, 5.41) is 7.59. The maximum atomic E-state index is 13.2. The zero-order valence-electron chi connectivity index (χ0n) is 26.7. The third kappa shape index (κ3) is 5.35. The van der Waals surface area contributed by atoms with E-state index in [9.17, 15) is 9.59 Å². The number of hydrogen-bond donors (Lipinski definition) is 1. The fraction of sp³-hybridized carbons (Fsp3) is 0.727. The molecule has 4 heterocycles. The summed E-state index contributed by atoms with van der Waals surface area (Å²) < 4.78 is 18.0. The normalized spacial score (nSPS) is 30.7. The molecule has 11 nitrogen and oxygen atoms in total. The van der Waals surface area contributed by atoms with Crippen molar-refractivity contribution in [3.05, 3.63) is 17.4 Å². The van der Waals surface area contributed by atoms with Crippen molar-refractivity contribution in [1.82, 2.24) is 25.3 Å². The SMILES string of the molecule is C[C@H](Oc1cc(N2C[C@@H]3[C@H](C2)[C@H]3NC(=O)OC(C)(C)C)nc(-c2noc3c2CCC[C@@]32CCCCC2=O)n1)[C@@H]1CCCN1C. The van der Waals surface area contributed by atoms with Gasteiger partial charge in [-0.25, -0.2) is 9.78 Å². The summed E-state index contributed by atoms with van der Waals surface area (Å²) in [7, 11) is 2.15. The monoisotopic (exact) mass is 606 g/mol. The van der Waals surface area contributed by atoms with Crippen molar-refractivity contribution in [2.75, 3.05) is 31.6 Å². The number of hydrogen-bond acceptors (Lipinski definition) is 10. The maximum Gasteiger partial charge on any atom is 0.407 e. The number of carbonyl (C=O) groups is 2. The molecule has 44 heavy (non-hydrogen) atoms. The predicted molar refractivity (Wildman–Crippen MR) is 164 cm³/mol. The molecule has 0 aromatic carbocycles. The number of carbonyl (C=O) groups excluding carboxylic acids is 2. The molecule has 0 bridgehead atoms. The van der Waals surface area contributed by atoms with Crippen LogP contribution in [0, 0.1) is 11.8 Å². The van der Waals surface area contributed by atoms with Gasteiger partial charge in [-0.05, 0) is 86.2 Å². The molecule has 0 radical (unpaired) electrons. The Hall–Kier alpha value is -3.21. The Morgan fingerprint density at radius 2 is 1.89 bits per heavy atom. The van der Waals surface area contributed by atoms with E-state index in [0.717, 1.165) is 88.1 Å². The number of piperidine rings is 1. The predicted octanol–water partition coefficient (Wildman–Crippen LogP) is 4.67. The van der Waals surface area contributed by atoms with Gasteiger partial charge in [0.15, 0.2) is 17.3 Å². The van der Waals surface area contributed by atoms with Crippen LogP contribution in [0.5, 0.6) is 5.88 Å². The first-order valence-electron chi connectivity index (χ1n) is 16.6. The number of likely N-dealkylation sites (N-methyl/N-ethyl adjacent to an activating group) is 1. The standard InChI is InChI=1S/C33H46N6O5/c1-19(23-11-9-15-38(23)5)42-26-16-25(39-17-21-22(18-39)27(21)36-31(41)43-32(2,3)4)34-30(35-26)28-20-10-8-14-33(29(20)44-37-28)13-7-6-12-24(33)40/h16,19,21-23,27H,6-15,17-18H2,1-5H3,(H,36,41)/t19-,21-,22+,23-,27+,33+/m0/s1. The first-order chi connectivity index (χ1) is 21.0. The summed E-state index contributed by atoms with van der Waals surface area (Å²) in [6.07, 6.45) is 7.80. The molecule has 1 amide bonds. The lowest BCUT2D eigenvalue weighted by Crippen LogP contribution is -2.41. The van der Waals surface area contributed by atoms with E-state index in [1.807, 2.05) is 26.8 Å². The molecule has 238 valence electrons. The number of nitrogens with zero attached hydrogens (tertiary/aromatic N) is 5. The van der Waals surface area contributed by atoms with E-state index in [0.29, 0.717) is 41.7 Å². The van der Waals surface area contributed by atoms with Crippen molar-refractivity contribution in [3.63, 3.8) is 0 Å². The number of fused-ring (bicyclic) bond motifs is 3. The highest BCUT2D eigenvalue weighted by molar-refractivity contribution is 5.91. The Balaban J connectivity index is 1.16. The third-order valence-electron chi connectivity index (χ3n) is 10.6. The zero-order chi connectivity index (χ0) is 30.8. The Morgan fingerprint density at radius 3 is 2.59 bits per heavy atom. The minimum atomic E-state index is -0.554. The van der Waals surface area contributed by atoms with Crippen molar-refractivity contribution >= 4 is 17.7 Å². The highest BCUT2D eigenvalue weighted by Crippen LogP contribution is 2.49. The minimum Gasteiger partial charge on any atom is -0.473 e. The summed E-state index contributed by atoms with van der Waals surface area (Å²) in [4.78, 5) is 40.2. The number of ether oxygens (including phenoxy) is 2. The summed E-state index contributed by atoms with van der Waals surface area (Å²) in [5.41, 5.74) is 0.525. The van der Waals surface area contributed by atoms with Crippen LogP contribution in [0.1, 0.15) is 90.4 Å².